The number of aliphatic hydroxyl groups excluding tert-OH is 1. The molecule has 0 aliphatic heterocycles. The Hall–Kier alpha value is 0.110. The van der Waals surface area contributed by atoms with E-state index in [4.69, 9.17) is 9.79 Å². The van der Waals surface area contributed by atoms with Gasteiger partial charge in [-0.25, -0.2) is 0 Å². The molecule has 0 spiro atoms. The van der Waals surface area contributed by atoms with Crippen LogP contribution in [0.1, 0.15) is 72.6 Å². The van der Waals surface area contributed by atoms with Gasteiger partial charge in [-0.1, -0.05) is 66.2 Å². The summed E-state index contributed by atoms with van der Waals surface area (Å²) in [6, 6.07) is 0. The van der Waals surface area contributed by atoms with E-state index in [1.807, 2.05) is 0 Å². The average molecular weight is 308 g/mol. The van der Waals surface area contributed by atoms with E-state index in [-0.39, 0.29) is 5.92 Å². The largest absolute Gasteiger partial charge is 0.380 e. The molecule has 4 nitrogen and oxygen atoms in total. The molecule has 4 atom stereocenters. The van der Waals surface area contributed by atoms with Crippen molar-refractivity contribution in [3.05, 3.63) is 0 Å². The number of hydrogen-bond acceptors (Lipinski definition) is 2. The standard InChI is InChI=1S/C15H33O4P/c1-5-12(2)8-6-9-13(3)10-7-11-14(4)15(16)20(17,18)19/h12-16H,5-11H2,1-4H3,(H2,17,18,19). The number of aliphatic hydroxyl groups is 1. The van der Waals surface area contributed by atoms with Crippen molar-refractivity contribution in [2.45, 2.75) is 78.5 Å². The molecule has 0 aliphatic carbocycles. The molecule has 0 heterocycles. The van der Waals surface area contributed by atoms with E-state index in [0.717, 1.165) is 18.8 Å². The van der Waals surface area contributed by atoms with Crippen LogP contribution in [-0.4, -0.2) is 20.7 Å². The summed E-state index contributed by atoms with van der Waals surface area (Å²) in [6.07, 6.45) is 7.67. The molecule has 0 amide bonds. The smallest absolute Gasteiger partial charge is 0.354 e. The van der Waals surface area contributed by atoms with E-state index in [0.29, 0.717) is 12.3 Å². The summed E-state index contributed by atoms with van der Waals surface area (Å²) in [7, 11) is -4.35. The Balaban J connectivity index is 3.75. The molecule has 4 unspecified atom stereocenters. The van der Waals surface area contributed by atoms with Gasteiger partial charge in [-0.05, 0) is 24.2 Å². The van der Waals surface area contributed by atoms with E-state index in [1.54, 1.807) is 6.92 Å². The maximum Gasteiger partial charge on any atom is 0.354 e. The molecule has 5 heteroatoms. The highest BCUT2D eigenvalue weighted by Crippen LogP contribution is 2.44. The van der Waals surface area contributed by atoms with E-state index in [1.165, 1.54) is 25.7 Å². The molecule has 0 aromatic rings. The first-order valence-corrected chi connectivity index (χ1v) is 9.59. The molecule has 0 fully saturated rings. The molecule has 0 rings (SSSR count). The maximum absolute atomic E-state index is 10.9. The van der Waals surface area contributed by atoms with E-state index in [9.17, 15) is 9.67 Å². The molecular formula is C15H33O4P. The summed E-state index contributed by atoms with van der Waals surface area (Å²) in [6.45, 7) is 8.45. The van der Waals surface area contributed by atoms with Crippen LogP contribution in [-0.2, 0) is 4.57 Å². The third kappa shape index (κ3) is 9.12. The Morgan fingerprint density at radius 1 is 0.900 bits per heavy atom. The van der Waals surface area contributed by atoms with Crippen LogP contribution in [0.2, 0.25) is 0 Å². The Labute approximate surface area is 124 Å². The molecule has 0 saturated carbocycles. The van der Waals surface area contributed by atoms with Crippen molar-refractivity contribution < 1.29 is 19.5 Å². The summed E-state index contributed by atoms with van der Waals surface area (Å²) < 4.78 is 10.9. The SMILES string of the molecule is CCC(C)CCCC(C)CCCC(C)C(O)P(=O)(O)O. The van der Waals surface area contributed by atoms with Crippen molar-refractivity contribution in [3.8, 4) is 0 Å². The van der Waals surface area contributed by atoms with Gasteiger partial charge < -0.3 is 14.9 Å². The van der Waals surface area contributed by atoms with Crippen molar-refractivity contribution in [2.75, 3.05) is 0 Å². The fourth-order valence-corrected chi connectivity index (χ4v) is 3.24. The first-order valence-electron chi connectivity index (χ1n) is 7.91. The summed E-state index contributed by atoms with van der Waals surface area (Å²) in [5.74, 6) is -0.398. The highest BCUT2D eigenvalue weighted by molar-refractivity contribution is 7.52. The Morgan fingerprint density at radius 2 is 1.35 bits per heavy atom. The normalized spacial score (nSPS) is 18.6. The lowest BCUT2D eigenvalue weighted by molar-refractivity contribution is 0.146. The number of hydrogen-bond donors (Lipinski definition) is 3. The molecule has 3 N–H and O–H groups in total. The summed E-state index contributed by atoms with van der Waals surface area (Å²) >= 11 is 0. The van der Waals surface area contributed by atoms with Gasteiger partial charge in [0.1, 0.15) is 0 Å². The van der Waals surface area contributed by atoms with Gasteiger partial charge in [0.25, 0.3) is 0 Å². The Kier molecular flexibility index (Phi) is 10.00. The fraction of sp³-hybridized carbons (Fsp3) is 1.00. The van der Waals surface area contributed by atoms with Crippen LogP contribution >= 0.6 is 7.60 Å². The average Bonchev–Trinajstić information content (AvgIpc) is 2.36. The van der Waals surface area contributed by atoms with Crippen molar-refractivity contribution in [3.63, 3.8) is 0 Å². The second-order valence-corrected chi connectivity index (χ2v) is 8.17. The van der Waals surface area contributed by atoms with Crippen molar-refractivity contribution in [1.29, 1.82) is 0 Å². The van der Waals surface area contributed by atoms with Gasteiger partial charge >= 0.3 is 7.60 Å². The van der Waals surface area contributed by atoms with Gasteiger partial charge in [-0.2, -0.15) is 0 Å². The minimum atomic E-state index is -4.35. The predicted octanol–water partition coefficient (Wildman–Crippen LogP) is 4.14. The first kappa shape index (κ1) is 20.1. The molecule has 0 bridgehead atoms. The van der Waals surface area contributed by atoms with Gasteiger partial charge in [0.05, 0.1) is 0 Å². The van der Waals surface area contributed by atoms with Crippen LogP contribution < -0.4 is 0 Å². The second kappa shape index (κ2) is 9.94. The highest BCUT2D eigenvalue weighted by Gasteiger charge is 2.31. The van der Waals surface area contributed by atoms with Gasteiger partial charge in [0.15, 0.2) is 5.85 Å². The maximum atomic E-state index is 10.9. The molecule has 0 radical (unpaired) electrons. The van der Waals surface area contributed by atoms with Crippen LogP contribution in [0.3, 0.4) is 0 Å². The van der Waals surface area contributed by atoms with Crippen LogP contribution in [0.5, 0.6) is 0 Å². The van der Waals surface area contributed by atoms with Crippen molar-refractivity contribution in [2.24, 2.45) is 17.8 Å². The topological polar surface area (TPSA) is 77.8 Å². The van der Waals surface area contributed by atoms with Crippen LogP contribution in [0.15, 0.2) is 0 Å². The summed E-state index contributed by atoms with van der Waals surface area (Å²) in [5, 5.41) is 9.49. The van der Waals surface area contributed by atoms with E-state index in [2.05, 4.69) is 20.8 Å². The third-order valence-corrected chi connectivity index (χ3v) is 5.50. The molecule has 122 valence electrons. The fourth-order valence-electron chi connectivity index (χ4n) is 2.43. The van der Waals surface area contributed by atoms with Crippen LogP contribution in [0.25, 0.3) is 0 Å². The summed E-state index contributed by atoms with van der Waals surface area (Å²) in [5.41, 5.74) is 0. The van der Waals surface area contributed by atoms with Gasteiger partial charge in [0, 0.05) is 0 Å². The van der Waals surface area contributed by atoms with Crippen molar-refractivity contribution in [1.82, 2.24) is 0 Å². The highest BCUT2D eigenvalue weighted by atomic mass is 31.2. The zero-order valence-corrected chi connectivity index (χ0v) is 14.4. The minimum Gasteiger partial charge on any atom is -0.380 e. The molecular weight excluding hydrogens is 275 g/mol. The zero-order chi connectivity index (χ0) is 15.8. The molecule has 0 aliphatic rings. The van der Waals surface area contributed by atoms with Crippen LogP contribution in [0.4, 0.5) is 0 Å². The lowest BCUT2D eigenvalue weighted by Gasteiger charge is -2.20. The second-order valence-electron chi connectivity index (χ2n) is 6.46. The molecule has 20 heavy (non-hydrogen) atoms. The lowest BCUT2D eigenvalue weighted by atomic mass is 9.93. The third-order valence-electron chi connectivity index (χ3n) is 4.30. The van der Waals surface area contributed by atoms with E-state index < -0.39 is 13.4 Å². The Bertz CT molecular complexity index is 290. The Morgan fingerprint density at radius 3 is 1.80 bits per heavy atom. The quantitative estimate of drug-likeness (QED) is 0.501. The van der Waals surface area contributed by atoms with E-state index >= 15 is 0 Å². The minimum absolute atomic E-state index is 0.344. The first-order chi connectivity index (χ1) is 9.18. The molecule has 0 aromatic carbocycles. The predicted molar refractivity (Wildman–Crippen MR) is 83.5 cm³/mol. The zero-order valence-electron chi connectivity index (χ0n) is 13.5. The number of rotatable bonds is 11. The van der Waals surface area contributed by atoms with Crippen LogP contribution in [0, 0.1) is 17.8 Å². The molecule has 0 aromatic heterocycles. The summed E-state index contributed by atoms with van der Waals surface area (Å²) in [4.78, 5) is 17.8. The van der Waals surface area contributed by atoms with Gasteiger partial charge in [-0.3, -0.25) is 4.57 Å². The van der Waals surface area contributed by atoms with Crippen molar-refractivity contribution >= 4 is 7.60 Å². The monoisotopic (exact) mass is 308 g/mol. The van der Waals surface area contributed by atoms with Gasteiger partial charge in [-0.15, -0.1) is 0 Å². The lowest BCUT2D eigenvalue weighted by Crippen LogP contribution is -2.17. The molecule has 0 saturated heterocycles. The van der Waals surface area contributed by atoms with Gasteiger partial charge in [0.2, 0.25) is 0 Å².